The van der Waals surface area contributed by atoms with Crippen LogP contribution in [0.4, 0.5) is 15.8 Å². The Morgan fingerprint density at radius 1 is 1.24 bits per heavy atom. The molecule has 1 N–H and O–H groups in total. The summed E-state index contributed by atoms with van der Waals surface area (Å²) in [5.41, 5.74) is -1.05. The molecule has 7 nitrogen and oxygen atoms in total. The smallest absolute Gasteiger partial charge is 0.349 e. The van der Waals surface area contributed by atoms with Crippen LogP contribution in [0.1, 0.15) is 15.9 Å². The number of fused-ring (bicyclic) bond motifs is 1. The second-order valence-corrected chi connectivity index (χ2v) is 5.32. The van der Waals surface area contributed by atoms with E-state index in [0.717, 1.165) is 6.07 Å². The molecule has 25 heavy (non-hydrogen) atoms. The zero-order valence-electron chi connectivity index (χ0n) is 12.9. The van der Waals surface area contributed by atoms with Crippen molar-refractivity contribution in [2.75, 3.05) is 5.32 Å². The lowest BCUT2D eigenvalue weighted by Crippen LogP contribution is -2.21. The van der Waals surface area contributed by atoms with Crippen LogP contribution >= 0.6 is 0 Å². The van der Waals surface area contributed by atoms with Gasteiger partial charge in [0.1, 0.15) is 17.0 Å². The first-order chi connectivity index (χ1) is 11.9. The van der Waals surface area contributed by atoms with Gasteiger partial charge < -0.3 is 9.73 Å². The van der Waals surface area contributed by atoms with Gasteiger partial charge in [-0.1, -0.05) is 12.1 Å². The summed E-state index contributed by atoms with van der Waals surface area (Å²) in [5.74, 6) is -1.53. The fourth-order valence-electron chi connectivity index (χ4n) is 2.41. The fourth-order valence-corrected chi connectivity index (χ4v) is 2.41. The summed E-state index contributed by atoms with van der Waals surface area (Å²) in [6, 6.07) is 9.13. The number of benzene rings is 2. The van der Waals surface area contributed by atoms with Gasteiger partial charge in [0.15, 0.2) is 0 Å². The average Bonchev–Trinajstić information content (AvgIpc) is 2.56. The number of amides is 1. The molecular weight excluding hydrogens is 331 g/mol. The van der Waals surface area contributed by atoms with Crippen molar-refractivity contribution in [3.63, 3.8) is 0 Å². The molecule has 0 spiro atoms. The lowest BCUT2D eigenvalue weighted by atomic mass is 10.1. The number of nitrogens with one attached hydrogen (secondary N) is 1. The normalized spacial score (nSPS) is 10.6. The Labute approximate surface area is 139 Å². The molecule has 0 unspecified atom stereocenters. The Balaban J connectivity index is 2.08. The first kappa shape index (κ1) is 16.3. The van der Waals surface area contributed by atoms with Crippen molar-refractivity contribution in [3.05, 3.63) is 79.9 Å². The number of hydrogen-bond acceptors (Lipinski definition) is 5. The van der Waals surface area contributed by atoms with E-state index >= 15 is 0 Å². The van der Waals surface area contributed by atoms with Gasteiger partial charge in [0.05, 0.1) is 10.6 Å². The number of aryl methyl sites for hydroxylation is 1. The molecule has 3 aromatic rings. The maximum atomic E-state index is 13.6. The zero-order chi connectivity index (χ0) is 18.1. The van der Waals surface area contributed by atoms with Crippen LogP contribution in [0.15, 0.2) is 51.7 Å². The highest BCUT2D eigenvalue weighted by atomic mass is 19.1. The van der Waals surface area contributed by atoms with Gasteiger partial charge in [0.2, 0.25) is 0 Å². The van der Waals surface area contributed by atoms with E-state index in [9.17, 15) is 24.1 Å². The van der Waals surface area contributed by atoms with Gasteiger partial charge in [0, 0.05) is 17.5 Å². The van der Waals surface area contributed by atoms with Crippen molar-refractivity contribution < 1.29 is 18.5 Å². The van der Waals surface area contributed by atoms with Crippen LogP contribution in [0, 0.1) is 22.9 Å². The quantitative estimate of drug-likeness (QED) is 0.446. The van der Waals surface area contributed by atoms with Gasteiger partial charge >= 0.3 is 5.63 Å². The fraction of sp³-hybridized carbons (Fsp3) is 0.0588. The molecule has 0 bridgehead atoms. The predicted octanol–water partition coefficient (Wildman–Crippen LogP) is 3.40. The monoisotopic (exact) mass is 342 g/mol. The molecule has 8 heteroatoms. The molecule has 1 aromatic heterocycles. The number of rotatable bonds is 3. The van der Waals surface area contributed by atoms with Crippen LogP contribution in [-0.2, 0) is 0 Å². The Bertz CT molecular complexity index is 1070. The van der Waals surface area contributed by atoms with Crippen LogP contribution in [0.5, 0.6) is 0 Å². The number of anilines is 1. The molecule has 0 fully saturated rings. The molecule has 0 aliphatic heterocycles. The van der Waals surface area contributed by atoms with Crippen molar-refractivity contribution in [3.8, 4) is 0 Å². The lowest BCUT2D eigenvalue weighted by Gasteiger charge is -2.07. The number of non-ortho nitro benzene ring substituents is 1. The number of nitro benzene ring substituents is 1. The number of hydrogen-bond donors (Lipinski definition) is 1. The highest BCUT2D eigenvalue weighted by molar-refractivity contribution is 6.05. The van der Waals surface area contributed by atoms with E-state index in [1.807, 2.05) is 0 Å². The van der Waals surface area contributed by atoms with E-state index in [0.29, 0.717) is 5.56 Å². The number of para-hydroxylation sites is 1. The Morgan fingerprint density at radius 2 is 1.96 bits per heavy atom. The molecule has 0 atom stereocenters. The molecule has 0 saturated heterocycles. The van der Waals surface area contributed by atoms with Crippen molar-refractivity contribution >= 4 is 28.3 Å². The van der Waals surface area contributed by atoms with Crippen molar-refractivity contribution in [1.29, 1.82) is 0 Å². The van der Waals surface area contributed by atoms with Gasteiger partial charge in [-0.3, -0.25) is 14.9 Å². The summed E-state index contributed by atoms with van der Waals surface area (Å²) in [4.78, 5) is 34.7. The molecule has 126 valence electrons. The summed E-state index contributed by atoms with van der Waals surface area (Å²) < 4.78 is 18.7. The molecule has 3 rings (SSSR count). The predicted molar refractivity (Wildman–Crippen MR) is 88.2 cm³/mol. The molecule has 0 radical (unpaired) electrons. The second kappa shape index (κ2) is 6.16. The first-order valence-electron chi connectivity index (χ1n) is 7.15. The minimum Gasteiger partial charge on any atom is -0.422 e. The van der Waals surface area contributed by atoms with Crippen LogP contribution in [0.25, 0.3) is 11.0 Å². The summed E-state index contributed by atoms with van der Waals surface area (Å²) in [5, 5.41) is 13.5. The van der Waals surface area contributed by atoms with Crippen molar-refractivity contribution in [2.45, 2.75) is 6.92 Å². The summed E-state index contributed by atoms with van der Waals surface area (Å²) in [7, 11) is 0. The largest absolute Gasteiger partial charge is 0.422 e. The number of carbonyl (C=O) groups excluding carboxylic acids is 1. The van der Waals surface area contributed by atoms with Crippen LogP contribution in [-0.4, -0.2) is 10.8 Å². The van der Waals surface area contributed by atoms with Crippen LogP contribution in [0.3, 0.4) is 0 Å². The molecule has 0 aliphatic rings. The third kappa shape index (κ3) is 3.09. The molecule has 0 aliphatic carbocycles. The van der Waals surface area contributed by atoms with Crippen molar-refractivity contribution in [1.82, 2.24) is 0 Å². The van der Waals surface area contributed by atoms with Gasteiger partial charge in [-0.2, -0.15) is 0 Å². The van der Waals surface area contributed by atoms with E-state index in [1.165, 1.54) is 36.4 Å². The molecule has 0 saturated carbocycles. The number of nitrogens with zero attached hydrogens (tertiary/aromatic N) is 1. The highest BCUT2D eigenvalue weighted by Gasteiger charge is 2.18. The molecule has 1 heterocycles. The lowest BCUT2D eigenvalue weighted by molar-refractivity contribution is -0.384. The maximum Gasteiger partial charge on any atom is 0.349 e. The number of carbonyl (C=O) groups is 1. The number of halogens is 1. The van der Waals surface area contributed by atoms with Gasteiger partial charge in [-0.05, 0) is 30.7 Å². The zero-order valence-corrected chi connectivity index (χ0v) is 12.9. The Hall–Kier alpha value is -3.55. The van der Waals surface area contributed by atoms with E-state index in [1.54, 1.807) is 6.92 Å². The third-order valence-corrected chi connectivity index (χ3v) is 3.58. The molecule has 1 amide bonds. The second-order valence-electron chi connectivity index (χ2n) is 5.32. The van der Waals surface area contributed by atoms with Gasteiger partial charge in [-0.25, -0.2) is 9.18 Å². The topological polar surface area (TPSA) is 102 Å². The van der Waals surface area contributed by atoms with E-state index < -0.39 is 22.3 Å². The Kier molecular flexibility index (Phi) is 4.02. The summed E-state index contributed by atoms with van der Waals surface area (Å²) in [6.07, 6.45) is 0. The van der Waals surface area contributed by atoms with E-state index in [2.05, 4.69) is 5.32 Å². The van der Waals surface area contributed by atoms with E-state index in [4.69, 9.17) is 4.42 Å². The first-order valence-corrected chi connectivity index (χ1v) is 7.15. The maximum absolute atomic E-state index is 13.6. The minimum absolute atomic E-state index is 0.0952. The van der Waals surface area contributed by atoms with E-state index in [-0.39, 0.29) is 27.9 Å². The summed E-state index contributed by atoms with van der Waals surface area (Å²) >= 11 is 0. The van der Waals surface area contributed by atoms with Crippen LogP contribution < -0.4 is 10.9 Å². The minimum atomic E-state index is -0.918. The van der Waals surface area contributed by atoms with Crippen LogP contribution in [0.2, 0.25) is 0 Å². The van der Waals surface area contributed by atoms with Gasteiger partial charge in [0.25, 0.3) is 11.6 Å². The SMILES string of the molecule is Cc1cc([N+](=O)[O-])cc2cc(C(=O)Nc3ccccc3F)c(=O)oc12. The highest BCUT2D eigenvalue weighted by Crippen LogP contribution is 2.25. The molecule has 2 aromatic carbocycles. The van der Waals surface area contributed by atoms with Crippen molar-refractivity contribution in [2.24, 2.45) is 0 Å². The number of nitro groups is 1. The molecular formula is C17H11FN2O5. The van der Waals surface area contributed by atoms with Gasteiger partial charge in [-0.15, -0.1) is 0 Å². The standard InChI is InChI=1S/C17H11FN2O5/c1-9-6-11(20(23)24)7-10-8-12(17(22)25-15(9)10)16(21)19-14-5-3-2-4-13(14)18/h2-8H,1H3,(H,19,21). The average molecular weight is 342 g/mol. The third-order valence-electron chi connectivity index (χ3n) is 3.58. The Morgan fingerprint density at radius 3 is 2.64 bits per heavy atom. The summed E-state index contributed by atoms with van der Waals surface area (Å²) in [6.45, 7) is 1.55.